The van der Waals surface area contributed by atoms with Gasteiger partial charge in [-0.05, 0) is 43.9 Å². The normalized spacial score (nSPS) is 16.6. The second kappa shape index (κ2) is 14.2. The molecule has 0 spiro atoms. The number of halogens is 1. The minimum Gasteiger partial charge on any atom is -0.386 e. The van der Waals surface area contributed by atoms with Crippen molar-refractivity contribution in [2.24, 2.45) is 4.99 Å². The van der Waals surface area contributed by atoms with Gasteiger partial charge in [-0.25, -0.2) is 0 Å². The summed E-state index contributed by atoms with van der Waals surface area (Å²) in [6, 6.07) is 3.62. The highest BCUT2D eigenvalue weighted by Crippen LogP contribution is 2.20. The maximum Gasteiger partial charge on any atom is 0.191 e. The molecule has 0 aliphatic heterocycles. The van der Waals surface area contributed by atoms with Crippen molar-refractivity contribution in [2.45, 2.75) is 57.7 Å². The Kier molecular flexibility index (Phi) is 12.6. The summed E-state index contributed by atoms with van der Waals surface area (Å²) in [5.41, 5.74) is 0.829. The molecular formula is C19H33IN4O2. The predicted molar refractivity (Wildman–Crippen MR) is 116 cm³/mol. The number of aromatic nitrogens is 1. The number of aliphatic hydroxyl groups excluding tert-OH is 1. The van der Waals surface area contributed by atoms with Gasteiger partial charge in [-0.1, -0.05) is 19.3 Å². The van der Waals surface area contributed by atoms with Crippen LogP contribution in [0, 0.1) is 0 Å². The summed E-state index contributed by atoms with van der Waals surface area (Å²) in [4.78, 5) is 8.42. The van der Waals surface area contributed by atoms with Crippen LogP contribution in [-0.4, -0.2) is 48.4 Å². The van der Waals surface area contributed by atoms with Crippen molar-refractivity contribution in [2.75, 3.05) is 26.2 Å². The lowest BCUT2D eigenvalue weighted by Crippen LogP contribution is -2.38. The molecule has 0 saturated heterocycles. The third-order valence-electron chi connectivity index (χ3n) is 4.38. The van der Waals surface area contributed by atoms with Crippen LogP contribution in [0.1, 0.15) is 57.1 Å². The second-order valence-corrected chi connectivity index (χ2v) is 6.43. The summed E-state index contributed by atoms with van der Waals surface area (Å²) in [5, 5.41) is 16.7. The molecule has 1 fully saturated rings. The number of guanidine groups is 1. The monoisotopic (exact) mass is 476 g/mol. The van der Waals surface area contributed by atoms with E-state index >= 15 is 0 Å². The number of hydrogen-bond donors (Lipinski definition) is 3. The predicted octanol–water partition coefficient (Wildman–Crippen LogP) is 3.03. The SMILES string of the molecule is CCNC(=NCC(O)c1ccncc1)NCCCOC1CCCCC1.I. The first kappa shape index (κ1) is 23.1. The molecular weight excluding hydrogens is 443 g/mol. The maximum absolute atomic E-state index is 10.2. The van der Waals surface area contributed by atoms with E-state index in [1.165, 1.54) is 32.1 Å². The number of aliphatic imine (C=N–C) groups is 1. The molecule has 26 heavy (non-hydrogen) atoms. The Morgan fingerprint density at radius 3 is 2.69 bits per heavy atom. The zero-order valence-corrected chi connectivity index (χ0v) is 18.0. The summed E-state index contributed by atoms with van der Waals surface area (Å²) < 4.78 is 5.93. The van der Waals surface area contributed by atoms with Gasteiger partial charge in [0.2, 0.25) is 0 Å². The molecule has 1 aromatic heterocycles. The van der Waals surface area contributed by atoms with E-state index in [2.05, 4.69) is 20.6 Å². The summed E-state index contributed by atoms with van der Waals surface area (Å²) in [6.07, 6.45) is 10.5. The van der Waals surface area contributed by atoms with E-state index in [9.17, 15) is 5.11 Å². The smallest absolute Gasteiger partial charge is 0.191 e. The number of aliphatic hydroxyl groups is 1. The van der Waals surface area contributed by atoms with E-state index in [0.717, 1.165) is 37.6 Å². The molecule has 6 nitrogen and oxygen atoms in total. The molecule has 1 heterocycles. The van der Waals surface area contributed by atoms with Crippen LogP contribution in [0.4, 0.5) is 0 Å². The molecule has 2 rings (SSSR count). The highest BCUT2D eigenvalue weighted by Gasteiger charge is 2.13. The van der Waals surface area contributed by atoms with Gasteiger partial charge >= 0.3 is 0 Å². The molecule has 1 saturated carbocycles. The van der Waals surface area contributed by atoms with Crippen LogP contribution >= 0.6 is 24.0 Å². The summed E-state index contributed by atoms with van der Waals surface area (Å²) in [5.74, 6) is 0.730. The average molecular weight is 476 g/mol. The fourth-order valence-electron chi connectivity index (χ4n) is 2.97. The number of ether oxygens (including phenoxy) is 1. The van der Waals surface area contributed by atoms with Crippen LogP contribution in [0.15, 0.2) is 29.5 Å². The highest BCUT2D eigenvalue weighted by molar-refractivity contribution is 14.0. The molecule has 7 heteroatoms. The number of hydrogen-bond acceptors (Lipinski definition) is 4. The summed E-state index contributed by atoms with van der Waals surface area (Å²) in [7, 11) is 0. The number of nitrogens with zero attached hydrogens (tertiary/aromatic N) is 2. The van der Waals surface area contributed by atoms with Crippen molar-refractivity contribution >= 4 is 29.9 Å². The lowest BCUT2D eigenvalue weighted by Gasteiger charge is -2.22. The minimum atomic E-state index is -0.618. The van der Waals surface area contributed by atoms with E-state index < -0.39 is 6.10 Å². The number of pyridine rings is 1. The van der Waals surface area contributed by atoms with E-state index in [4.69, 9.17) is 4.74 Å². The molecule has 0 radical (unpaired) electrons. The standard InChI is InChI=1S/C19H32N4O2.HI/c1-2-21-19(23-15-18(24)16-9-12-20-13-10-16)22-11-6-14-25-17-7-4-3-5-8-17;/h9-10,12-13,17-18,24H,2-8,11,14-15H2,1H3,(H2,21,22,23);1H. The van der Waals surface area contributed by atoms with E-state index in [-0.39, 0.29) is 24.0 Å². The average Bonchev–Trinajstić information content (AvgIpc) is 2.67. The Balaban J connectivity index is 0.00000338. The lowest BCUT2D eigenvalue weighted by molar-refractivity contribution is 0.0277. The van der Waals surface area contributed by atoms with Gasteiger partial charge in [0.05, 0.1) is 18.8 Å². The van der Waals surface area contributed by atoms with Crippen molar-refractivity contribution in [1.82, 2.24) is 15.6 Å². The van der Waals surface area contributed by atoms with E-state index in [1.54, 1.807) is 12.4 Å². The Bertz CT molecular complexity index is 496. The van der Waals surface area contributed by atoms with Crippen LogP contribution < -0.4 is 10.6 Å². The maximum atomic E-state index is 10.2. The van der Waals surface area contributed by atoms with Crippen molar-refractivity contribution in [3.63, 3.8) is 0 Å². The van der Waals surface area contributed by atoms with Gasteiger partial charge in [0.1, 0.15) is 0 Å². The Hall–Kier alpha value is -0.930. The van der Waals surface area contributed by atoms with Crippen LogP contribution in [0.2, 0.25) is 0 Å². The van der Waals surface area contributed by atoms with Gasteiger partial charge < -0.3 is 20.5 Å². The second-order valence-electron chi connectivity index (χ2n) is 6.43. The van der Waals surface area contributed by atoms with Gasteiger partial charge in [0.15, 0.2) is 5.96 Å². The topological polar surface area (TPSA) is 78.8 Å². The van der Waals surface area contributed by atoms with Gasteiger partial charge in [-0.15, -0.1) is 24.0 Å². The van der Waals surface area contributed by atoms with Crippen molar-refractivity contribution in [3.8, 4) is 0 Å². The molecule has 148 valence electrons. The van der Waals surface area contributed by atoms with Crippen molar-refractivity contribution in [3.05, 3.63) is 30.1 Å². The third-order valence-corrected chi connectivity index (χ3v) is 4.38. The molecule has 0 amide bonds. The molecule has 1 unspecified atom stereocenters. The van der Waals surface area contributed by atoms with Crippen LogP contribution in [0.25, 0.3) is 0 Å². The number of nitrogens with one attached hydrogen (secondary N) is 2. The first-order valence-electron chi connectivity index (χ1n) is 9.51. The van der Waals surface area contributed by atoms with Crippen LogP contribution in [0.3, 0.4) is 0 Å². The largest absolute Gasteiger partial charge is 0.386 e. The van der Waals surface area contributed by atoms with Gasteiger partial charge in [0, 0.05) is 32.1 Å². The van der Waals surface area contributed by atoms with Gasteiger partial charge in [0.25, 0.3) is 0 Å². The zero-order chi connectivity index (χ0) is 17.7. The number of rotatable bonds is 9. The first-order valence-corrected chi connectivity index (χ1v) is 9.51. The summed E-state index contributed by atoms with van der Waals surface area (Å²) in [6.45, 7) is 4.73. The molecule has 1 atom stereocenters. The van der Waals surface area contributed by atoms with Gasteiger partial charge in [-0.3, -0.25) is 9.98 Å². The molecule has 0 aromatic carbocycles. The highest BCUT2D eigenvalue weighted by atomic mass is 127. The molecule has 1 aliphatic carbocycles. The minimum absolute atomic E-state index is 0. The fraction of sp³-hybridized carbons (Fsp3) is 0.684. The fourth-order valence-corrected chi connectivity index (χ4v) is 2.97. The third kappa shape index (κ3) is 9.14. The molecule has 1 aromatic rings. The lowest BCUT2D eigenvalue weighted by atomic mass is 9.98. The van der Waals surface area contributed by atoms with Crippen molar-refractivity contribution < 1.29 is 9.84 Å². The summed E-state index contributed by atoms with van der Waals surface area (Å²) >= 11 is 0. The Labute approximate surface area is 174 Å². The van der Waals surface area contributed by atoms with Crippen LogP contribution in [0.5, 0.6) is 0 Å². The van der Waals surface area contributed by atoms with Gasteiger partial charge in [-0.2, -0.15) is 0 Å². The van der Waals surface area contributed by atoms with E-state index in [0.29, 0.717) is 12.6 Å². The van der Waals surface area contributed by atoms with E-state index in [1.807, 2.05) is 19.1 Å². The first-order chi connectivity index (χ1) is 12.3. The molecule has 3 N–H and O–H groups in total. The quantitative estimate of drug-likeness (QED) is 0.221. The van der Waals surface area contributed by atoms with Crippen molar-refractivity contribution in [1.29, 1.82) is 0 Å². The molecule has 1 aliphatic rings. The Morgan fingerprint density at radius 2 is 2.00 bits per heavy atom. The zero-order valence-electron chi connectivity index (χ0n) is 15.7. The van der Waals surface area contributed by atoms with Crippen LogP contribution in [-0.2, 0) is 4.74 Å². The Morgan fingerprint density at radius 1 is 1.27 bits per heavy atom. The molecule has 0 bridgehead atoms.